The largest absolute Gasteiger partial charge is 0.393 e. The molecule has 0 saturated heterocycles. The van der Waals surface area contributed by atoms with Gasteiger partial charge in [0.25, 0.3) is 0 Å². The van der Waals surface area contributed by atoms with Crippen LogP contribution in [-0.2, 0) is 17.8 Å². The standard InChI is InChI=1S/C19H28N2O2S/c1-13(24)14-2-3-17-12-21(8-6-15(17)10-14)9-7-20-19(23)16-4-5-18(22)11-16/h2-3,10,13,16,18,22,24H,4-9,11-12H2,1H3,(H,20,23). The Morgan fingerprint density at radius 3 is 2.96 bits per heavy atom. The van der Waals surface area contributed by atoms with Crippen LogP contribution in [0.5, 0.6) is 0 Å². The van der Waals surface area contributed by atoms with Crippen molar-refractivity contribution in [3.8, 4) is 0 Å². The number of amides is 1. The summed E-state index contributed by atoms with van der Waals surface area (Å²) in [5.74, 6) is 0.111. The maximum absolute atomic E-state index is 12.1. The number of rotatable bonds is 5. The molecule has 1 aromatic carbocycles. The molecule has 0 bridgehead atoms. The Morgan fingerprint density at radius 2 is 2.25 bits per heavy atom. The molecule has 2 N–H and O–H groups in total. The highest BCUT2D eigenvalue weighted by atomic mass is 32.1. The van der Waals surface area contributed by atoms with Crippen molar-refractivity contribution in [2.75, 3.05) is 19.6 Å². The third kappa shape index (κ3) is 4.32. The smallest absolute Gasteiger partial charge is 0.223 e. The number of hydrogen-bond donors (Lipinski definition) is 3. The molecule has 0 aromatic heterocycles. The van der Waals surface area contributed by atoms with Crippen molar-refractivity contribution in [1.82, 2.24) is 10.2 Å². The normalized spacial score (nSPS) is 25.3. The van der Waals surface area contributed by atoms with Crippen molar-refractivity contribution < 1.29 is 9.90 Å². The van der Waals surface area contributed by atoms with Gasteiger partial charge in [-0.25, -0.2) is 0 Å². The number of carbonyl (C=O) groups is 1. The van der Waals surface area contributed by atoms with Crippen LogP contribution in [0.4, 0.5) is 0 Å². The lowest BCUT2D eigenvalue weighted by Gasteiger charge is -2.29. The number of fused-ring (bicyclic) bond motifs is 1. The summed E-state index contributed by atoms with van der Waals surface area (Å²) >= 11 is 4.51. The van der Waals surface area contributed by atoms with Gasteiger partial charge >= 0.3 is 0 Å². The van der Waals surface area contributed by atoms with Gasteiger partial charge in [0.05, 0.1) is 6.10 Å². The Kier molecular flexibility index (Phi) is 5.85. The molecule has 1 aliphatic carbocycles. The van der Waals surface area contributed by atoms with E-state index < -0.39 is 0 Å². The van der Waals surface area contributed by atoms with Crippen molar-refractivity contribution >= 4 is 18.5 Å². The molecule has 1 amide bonds. The van der Waals surface area contributed by atoms with Crippen molar-refractivity contribution in [2.45, 2.75) is 50.5 Å². The minimum atomic E-state index is -0.288. The van der Waals surface area contributed by atoms with Gasteiger partial charge in [0.2, 0.25) is 5.91 Å². The molecule has 1 heterocycles. The summed E-state index contributed by atoms with van der Waals surface area (Å²) in [7, 11) is 0. The van der Waals surface area contributed by atoms with Crippen LogP contribution in [0.15, 0.2) is 18.2 Å². The molecule has 0 spiro atoms. The number of nitrogens with one attached hydrogen (secondary N) is 1. The monoisotopic (exact) mass is 348 g/mol. The zero-order valence-electron chi connectivity index (χ0n) is 14.4. The zero-order valence-corrected chi connectivity index (χ0v) is 15.3. The van der Waals surface area contributed by atoms with E-state index >= 15 is 0 Å². The Hall–Kier alpha value is -1.04. The van der Waals surface area contributed by atoms with E-state index in [1.54, 1.807) is 0 Å². The molecule has 5 heteroatoms. The summed E-state index contributed by atoms with van der Waals surface area (Å²) in [6.45, 7) is 5.66. The molecule has 132 valence electrons. The fourth-order valence-corrected chi connectivity index (χ4v) is 3.92. The van der Waals surface area contributed by atoms with E-state index in [1.165, 1.54) is 16.7 Å². The highest BCUT2D eigenvalue weighted by molar-refractivity contribution is 7.80. The van der Waals surface area contributed by atoms with Crippen LogP contribution in [0.25, 0.3) is 0 Å². The summed E-state index contributed by atoms with van der Waals surface area (Å²) in [5.41, 5.74) is 4.12. The van der Waals surface area contributed by atoms with Crippen molar-refractivity contribution in [3.63, 3.8) is 0 Å². The van der Waals surface area contributed by atoms with E-state index in [4.69, 9.17) is 0 Å². The minimum absolute atomic E-state index is 0.00345. The fourth-order valence-electron chi connectivity index (χ4n) is 3.76. The van der Waals surface area contributed by atoms with Crippen molar-refractivity contribution in [1.29, 1.82) is 0 Å². The van der Waals surface area contributed by atoms with Crippen molar-refractivity contribution in [2.24, 2.45) is 5.92 Å². The van der Waals surface area contributed by atoms with Crippen LogP contribution in [0.2, 0.25) is 0 Å². The molecule has 24 heavy (non-hydrogen) atoms. The number of thiol groups is 1. The molecule has 1 saturated carbocycles. The first-order chi connectivity index (χ1) is 11.5. The summed E-state index contributed by atoms with van der Waals surface area (Å²) in [6, 6.07) is 6.69. The first-order valence-electron chi connectivity index (χ1n) is 9.01. The maximum atomic E-state index is 12.1. The van der Waals surface area contributed by atoms with Gasteiger partial charge in [-0.2, -0.15) is 12.6 Å². The lowest BCUT2D eigenvalue weighted by Crippen LogP contribution is -2.39. The molecular formula is C19H28N2O2S. The van der Waals surface area contributed by atoms with E-state index in [1.807, 2.05) is 0 Å². The summed E-state index contributed by atoms with van der Waals surface area (Å²) in [4.78, 5) is 14.5. The van der Waals surface area contributed by atoms with E-state index in [0.717, 1.165) is 38.9 Å². The summed E-state index contributed by atoms with van der Waals surface area (Å²) < 4.78 is 0. The van der Waals surface area contributed by atoms with Crippen molar-refractivity contribution in [3.05, 3.63) is 34.9 Å². The average Bonchev–Trinajstić information content (AvgIpc) is 3.00. The second-order valence-electron chi connectivity index (χ2n) is 7.19. The van der Waals surface area contributed by atoms with Gasteiger partial charge in [-0.3, -0.25) is 9.69 Å². The second kappa shape index (κ2) is 7.89. The molecule has 1 aliphatic heterocycles. The molecule has 3 atom stereocenters. The average molecular weight is 349 g/mol. The van der Waals surface area contributed by atoms with Crippen LogP contribution >= 0.6 is 12.6 Å². The summed E-state index contributed by atoms with van der Waals surface area (Å²) in [5, 5.41) is 12.8. The minimum Gasteiger partial charge on any atom is -0.393 e. The van der Waals surface area contributed by atoms with Gasteiger partial charge in [-0.1, -0.05) is 18.2 Å². The predicted octanol–water partition coefficient (Wildman–Crippen LogP) is 2.31. The van der Waals surface area contributed by atoms with E-state index in [0.29, 0.717) is 13.0 Å². The quantitative estimate of drug-likeness (QED) is 0.716. The topological polar surface area (TPSA) is 52.6 Å². The van der Waals surface area contributed by atoms with Crippen LogP contribution in [0.1, 0.15) is 48.1 Å². The lowest BCUT2D eigenvalue weighted by atomic mass is 9.96. The lowest BCUT2D eigenvalue weighted by molar-refractivity contribution is -0.125. The van der Waals surface area contributed by atoms with E-state index in [-0.39, 0.29) is 23.2 Å². The number of aliphatic hydroxyl groups is 1. The summed E-state index contributed by atoms with van der Waals surface area (Å²) in [6.07, 6.45) is 2.97. The third-order valence-electron chi connectivity index (χ3n) is 5.31. The molecule has 4 nitrogen and oxygen atoms in total. The first-order valence-corrected chi connectivity index (χ1v) is 9.52. The van der Waals surface area contributed by atoms with Crippen LogP contribution in [0.3, 0.4) is 0 Å². The van der Waals surface area contributed by atoms with Gasteiger partial charge in [-0.15, -0.1) is 0 Å². The van der Waals surface area contributed by atoms with E-state index in [9.17, 15) is 9.90 Å². The third-order valence-corrected chi connectivity index (χ3v) is 5.61. The van der Waals surface area contributed by atoms with Crippen LogP contribution < -0.4 is 5.32 Å². The van der Waals surface area contributed by atoms with Gasteiger partial charge < -0.3 is 10.4 Å². The Labute approximate surface area is 150 Å². The number of hydrogen-bond acceptors (Lipinski definition) is 4. The highest BCUT2D eigenvalue weighted by Gasteiger charge is 2.28. The Balaban J connectivity index is 1.45. The molecule has 2 aliphatic rings. The number of carbonyl (C=O) groups excluding carboxylic acids is 1. The van der Waals surface area contributed by atoms with E-state index in [2.05, 4.69) is 48.0 Å². The molecule has 1 fully saturated rings. The molecule has 1 aromatic rings. The number of aliphatic hydroxyl groups excluding tert-OH is 1. The molecule has 3 rings (SSSR count). The van der Waals surface area contributed by atoms with Gasteiger partial charge in [0.15, 0.2) is 0 Å². The van der Waals surface area contributed by atoms with Crippen LogP contribution in [-0.4, -0.2) is 41.7 Å². The first kappa shape index (κ1) is 17.8. The molecule has 3 unspecified atom stereocenters. The Bertz CT molecular complexity index is 591. The Morgan fingerprint density at radius 1 is 1.42 bits per heavy atom. The van der Waals surface area contributed by atoms with Gasteiger partial charge in [0.1, 0.15) is 0 Å². The molecule has 0 radical (unpaired) electrons. The predicted molar refractivity (Wildman–Crippen MR) is 99.2 cm³/mol. The van der Waals surface area contributed by atoms with Gasteiger partial charge in [0, 0.05) is 37.3 Å². The molecular weight excluding hydrogens is 320 g/mol. The number of nitrogens with zero attached hydrogens (tertiary/aromatic N) is 1. The second-order valence-corrected chi connectivity index (χ2v) is 7.96. The maximum Gasteiger partial charge on any atom is 0.223 e. The highest BCUT2D eigenvalue weighted by Crippen LogP contribution is 2.26. The zero-order chi connectivity index (χ0) is 17.1. The fraction of sp³-hybridized carbons (Fsp3) is 0.632. The SMILES string of the molecule is CC(S)c1ccc2c(c1)CCN(CCNC(=O)C1CCC(O)C1)C2. The number of benzene rings is 1. The van der Waals surface area contributed by atoms with Crippen LogP contribution in [0, 0.1) is 5.92 Å². The van der Waals surface area contributed by atoms with Gasteiger partial charge in [-0.05, 0) is 49.3 Å².